The summed E-state index contributed by atoms with van der Waals surface area (Å²) in [5, 5.41) is 5.62. The Kier molecular flexibility index (Phi) is 7.00. The normalized spacial score (nSPS) is 11.9. The van der Waals surface area contributed by atoms with E-state index in [2.05, 4.69) is 30.2 Å². The molecule has 4 aromatic heterocycles. The van der Waals surface area contributed by atoms with Crippen LogP contribution in [0.4, 0.5) is 11.8 Å². The minimum Gasteiger partial charge on any atom is -0.493 e. The molecule has 11 nitrogen and oxygen atoms in total. The number of aromatic nitrogens is 5. The molecule has 5 rings (SSSR count). The average Bonchev–Trinajstić information content (AvgIpc) is 2.94. The molecule has 0 saturated heterocycles. The molecule has 11 heteroatoms. The van der Waals surface area contributed by atoms with Crippen molar-refractivity contribution in [1.29, 1.82) is 0 Å². The number of benzene rings is 1. The largest absolute Gasteiger partial charge is 0.493 e. The van der Waals surface area contributed by atoms with Crippen LogP contribution in [0.5, 0.6) is 17.2 Å². The fraction of sp³-hybridized carbons (Fsp3) is 0.222. The third-order valence-electron chi connectivity index (χ3n) is 6.00. The van der Waals surface area contributed by atoms with Gasteiger partial charge in [0.15, 0.2) is 11.5 Å². The summed E-state index contributed by atoms with van der Waals surface area (Å²) in [5.41, 5.74) is 15.6. The van der Waals surface area contributed by atoms with E-state index in [0.717, 1.165) is 32.9 Å². The van der Waals surface area contributed by atoms with Crippen molar-refractivity contribution in [2.24, 2.45) is 5.73 Å². The molecule has 1 aromatic carbocycles. The molecular formula is C27H28N8O3. The fourth-order valence-corrected chi connectivity index (χ4v) is 4.06. The first kappa shape index (κ1) is 24.9. The van der Waals surface area contributed by atoms with Crippen LogP contribution in [0.15, 0.2) is 55.1 Å². The van der Waals surface area contributed by atoms with Crippen LogP contribution in [0, 0.1) is 6.92 Å². The number of methoxy groups -OCH3 is 2. The summed E-state index contributed by atoms with van der Waals surface area (Å²) in [7, 11) is 3.19. The van der Waals surface area contributed by atoms with E-state index in [0.29, 0.717) is 41.3 Å². The van der Waals surface area contributed by atoms with Gasteiger partial charge < -0.3 is 31.0 Å². The number of nitrogen functional groups attached to an aromatic ring is 1. The second-order valence-corrected chi connectivity index (χ2v) is 8.72. The third-order valence-corrected chi connectivity index (χ3v) is 6.00. The number of aryl methyl sites for hydroxylation is 1. The van der Waals surface area contributed by atoms with E-state index >= 15 is 0 Å². The number of nitrogens with one attached hydrogen (secondary N) is 1. The van der Waals surface area contributed by atoms with Crippen LogP contribution >= 0.6 is 0 Å². The van der Waals surface area contributed by atoms with Gasteiger partial charge in [-0.2, -0.15) is 0 Å². The van der Waals surface area contributed by atoms with Gasteiger partial charge in [-0.05, 0) is 36.6 Å². The number of ether oxygens (including phenoxy) is 3. The van der Waals surface area contributed by atoms with Gasteiger partial charge in [0.05, 0.1) is 37.7 Å². The van der Waals surface area contributed by atoms with Crippen molar-refractivity contribution < 1.29 is 14.2 Å². The average molecular weight is 513 g/mol. The zero-order chi connectivity index (χ0) is 26.6. The van der Waals surface area contributed by atoms with Crippen LogP contribution in [-0.4, -0.2) is 58.3 Å². The molecule has 38 heavy (non-hydrogen) atoms. The van der Waals surface area contributed by atoms with Gasteiger partial charge in [-0.3, -0.25) is 9.97 Å². The molecule has 0 bridgehead atoms. The first-order valence-electron chi connectivity index (χ1n) is 11.9. The van der Waals surface area contributed by atoms with Crippen molar-refractivity contribution in [2.45, 2.75) is 13.0 Å². The quantitative estimate of drug-likeness (QED) is 0.249. The number of anilines is 2. The Morgan fingerprint density at radius 1 is 0.921 bits per heavy atom. The summed E-state index contributed by atoms with van der Waals surface area (Å²) in [6.45, 7) is 2.63. The number of nitrogens with zero attached hydrogens (tertiary/aromatic N) is 5. The lowest BCUT2D eigenvalue weighted by molar-refractivity contribution is 0.292. The highest BCUT2D eigenvalue weighted by Gasteiger charge is 2.14. The Morgan fingerprint density at radius 2 is 1.74 bits per heavy atom. The number of rotatable bonds is 9. The topological polar surface area (TPSA) is 156 Å². The minimum atomic E-state index is -0.289. The number of pyridine rings is 3. The van der Waals surface area contributed by atoms with Gasteiger partial charge >= 0.3 is 0 Å². The molecular weight excluding hydrogens is 484 g/mol. The highest BCUT2D eigenvalue weighted by molar-refractivity contribution is 6.10. The fourth-order valence-electron chi connectivity index (χ4n) is 4.06. The zero-order valence-electron chi connectivity index (χ0n) is 21.3. The first-order valence-corrected chi connectivity index (χ1v) is 11.9. The first-order chi connectivity index (χ1) is 18.4. The molecule has 0 radical (unpaired) electrons. The summed E-state index contributed by atoms with van der Waals surface area (Å²) in [5.74, 6) is 2.66. The van der Waals surface area contributed by atoms with Crippen LogP contribution in [0.2, 0.25) is 0 Å². The van der Waals surface area contributed by atoms with E-state index in [1.54, 1.807) is 39.0 Å². The number of nitrogens with two attached hydrogens (primary N) is 2. The minimum absolute atomic E-state index is 0.273. The van der Waals surface area contributed by atoms with Crippen molar-refractivity contribution in [3.8, 4) is 28.5 Å². The van der Waals surface area contributed by atoms with Gasteiger partial charge in [0.25, 0.3) is 0 Å². The molecule has 0 fully saturated rings. The Morgan fingerprint density at radius 3 is 2.53 bits per heavy atom. The van der Waals surface area contributed by atoms with E-state index in [1.165, 1.54) is 0 Å². The SMILES string of the molecule is COc1cc2ncc3c(N)nc(-c4cncc(OC[C@@H](N)CNc5nccc(C)n5)c4)cc3c2cc1OC. The molecule has 0 aliphatic heterocycles. The summed E-state index contributed by atoms with van der Waals surface area (Å²) in [4.78, 5) is 22.0. The van der Waals surface area contributed by atoms with Crippen LogP contribution in [0.25, 0.3) is 32.9 Å². The van der Waals surface area contributed by atoms with Crippen molar-refractivity contribution in [3.63, 3.8) is 0 Å². The van der Waals surface area contributed by atoms with Gasteiger partial charge in [-0.15, -0.1) is 0 Å². The third kappa shape index (κ3) is 5.18. The van der Waals surface area contributed by atoms with Crippen LogP contribution in [0.3, 0.4) is 0 Å². The molecule has 5 aromatic rings. The van der Waals surface area contributed by atoms with E-state index in [4.69, 9.17) is 25.7 Å². The van der Waals surface area contributed by atoms with Crippen molar-refractivity contribution in [3.05, 3.63) is 60.8 Å². The maximum atomic E-state index is 6.35. The number of fused-ring (bicyclic) bond motifs is 3. The Hall–Kier alpha value is -4.77. The maximum Gasteiger partial charge on any atom is 0.222 e. The van der Waals surface area contributed by atoms with Gasteiger partial charge in [0.1, 0.15) is 18.2 Å². The van der Waals surface area contributed by atoms with Crippen molar-refractivity contribution in [2.75, 3.05) is 38.4 Å². The molecule has 5 N–H and O–H groups in total. The van der Waals surface area contributed by atoms with Gasteiger partial charge in [0.2, 0.25) is 5.95 Å². The Labute approximate surface area is 219 Å². The summed E-state index contributed by atoms with van der Waals surface area (Å²) in [6.07, 6.45) is 6.76. The second kappa shape index (κ2) is 10.7. The second-order valence-electron chi connectivity index (χ2n) is 8.72. The maximum absolute atomic E-state index is 6.35. The van der Waals surface area contributed by atoms with Gasteiger partial charge in [-0.25, -0.2) is 15.0 Å². The van der Waals surface area contributed by atoms with E-state index in [9.17, 15) is 0 Å². The monoisotopic (exact) mass is 512 g/mol. The highest BCUT2D eigenvalue weighted by atomic mass is 16.5. The standard InChI is InChI=1S/C27H28N8O3/c1-15-4-5-31-27(34-15)33-11-17(28)14-38-18-6-16(10-30-12-18)22-7-19-20-8-24(36-2)25(37-3)9-23(20)32-13-21(19)26(29)35-22/h4-10,12-13,17H,11,14,28H2,1-3H3,(H2,29,35)(H,31,33,34)/t17-/m0/s1. The number of hydrogen-bond donors (Lipinski definition) is 3. The molecule has 4 heterocycles. The molecule has 0 aliphatic carbocycles. The van der Waals surface area contributed by atoms with E-state index in [-0.39, 0.29) is 12.6 Å². The van der Waals surface area contributed by atoms with E-state index in [1.807, 2.05) is 37.3 Å². The lowest BCUT2D eigenvalue weighted by atomic mass is 10.0. The van der Waals surface area contributed by atoms with E-state index < -0.39 is 0 Å². The number of hydrogen-bond acceptors (Lipinski definition) is 11. The predicted molar refractivity (Wildman–Crippen MR) is 147 cm³/mol. The Bertz CT molecular complexity index is 1610. The molecule has 0 spiro atoms. The summed E-state index contributed by atoms with van der Waals surface area (Å²) >= 11 is 0. The molecule has 194 valence electrons. The molecule has 0 amide bonds. The van der Waals surface area contributed by atoms with Crippen molar-refractivity contribution >= 4 is 33.4 Å². The highest BCUT2D eigenvalue weighted by Crippen LogP contribution is 2.37. The molecule has 0 saturated carbocycles. The van der Waals surface area contributed by atoms with Crippen molar-refractivity contribution in [1.82, 2.24) is 24.9 Å². The van der Waals surface area contributed by atoms with Gasteiger partial charge in [0, 0.05) is 53.2 Å². The predicted octanol–water partition coefficient (Wildman–Crippen LogP) is 3.36. The molecule has 0 unspecified atom stereocenters. The lowest BCUT2D eigenvalue weighted by Gasteiger charge is -2.15. The Balaban J connectivity index is 1.38. The lowest BCUT2D eigenvalue weighted by Crippen LogP contribution is -2.35. The zero-order valence-corrected chi connectivity index (χ0v) is 21.3. The molecule has 1 atom stereocenters. The summed E-state index contributed by atoms with van der Waals surface area (Å²) < 4.78 is 16.8. The summed E-state index contributed by atoms with van der Waals surface area (Å²) in [6, 6.07) is 9.09. The smallest absolute Gasteiger partial charge is 0.222 e. The molecule has 0 aliphatic rings. The van der Waals surface area contributed by atoms with Crippen LogP contribution in [0.1, 0.15) is 5.69 Å². The van der Waals surface area contributed by atoms with Gasteiger partial charge in [-0.1, -0.05) is 0 Å². The van der Waals surface area contributed by atoms with Crippen LogP contribution in [-0.2, 0) is 0 Å². The van der Waals surface area contributed by atoms with Crippen LogP contribution < -0.4 is 31.0 Å².